The Bertz CT molecular complexity index is 1170. The van der Waals surface area contributed by atoms with Crippen LogP contribution in [0.25, 0.3) is 11.5 Å². The molecule has 0 radical (unpaired) electrons. The third-order valence-corrected chi connectivity index (χ3v) is 8.24. The Balaban J connectivity index is 1.45. The Morgan fingerprint density at radius 3 is 2.77 bits per heavy atom. The molecule has 0 amide bonds. The predicted octanol–water partition coefficient (Wildman–Crippen LogP) is 4.53. The summed E-state index contributed by atoms with van der Waals surface area (Å²) in [6.07, 6.45) is 4.80. The number of carbonyl (C=O) groups is 1. The molecule has 1 aromatic carbocycles. The minimum Gasteiger partial charge on any atom is -0.476 e. The van der Waals surface area contributed by atoms with Gasteiger partial charge in [0.25, 0.3) is 0 Å². The van der Waals surface area contributed by atoms with Gasteiger partial charge in [-0.2, -0.15) is 0 Å². The summed E-state index contributed by atoms with van der Waals surface area (Å²) in [5.41, 5.74) is 6.78. The highest BCUT2D eigenvalue weighted by Crippen LogP contribution is 2.41. The Hall–Kier alpha value is -2.66. The van der Waals surface area contributed by atoms with Crippen molar-refractivity contribution in [3.05, 3.63) is 46.4 Å². The summed E-state index contributed by atoms with van der Waals surface area (Å²) in [7, 11) is 0. The normalized spacial score (nSPS) is 22.6. The van der Waals surface area contributed by atoms with Crippen LogP contribution < -0.4 is 5.73 Å². The van der Waals surface area contributed by atoms with Crippen molar-refractivity contribution in [2.75, 3.05) is 19.7 Å². The van der Waals surface area contributed by atoms with Gasteiger partial charge in [0.05, 0.1) is 29.5 Å². The van der Waals surface area contributed by atoms with Gasteiger partial charge in [-0.05, 0) is 45.5 Å². The Morgan fingerprint density at radius 2 is 2.17 bits per heavy atom. The van der Waals surface area contributed by atoms with Gasteiger partial charge < -0.3 is 24.9 Å². The number of oxazole rings is 1. The number of likely N-dealkylation sites (tertiary alicyclic amines) is 1. The second kappa shape index (κ2) is 10.5. The lowest BCUT2D eigenvalue weighted by Gasteiger charge is -2.41. The van der Waals surface area contributed by atoms with Crippen LogP contribution in [0.2, 0.25) is 5.02 Å². The number of ether oxygens (including phenoxy) is 1. The van der Waals surface area contributed by atoms with Crippen LogP contribution in [0.3, 0.4) is 0 Å². The number of aromatic nitrogens is 1. The van der Waals surface area contributed by atoms with Crippen molar-refractivity contribution in [1.82, 2.24) is 9.88 Å². The van der Waals surface area contributed by atoms with E-state index in [0.717, 1.165) is 44.6 Å². The first-order chi connectivity index (χ1) is 16.7. The molecule has 1 aromatic heterocycles. The molecule has 35 heavy (non-hydrogen) atoms. The topological polar surface area (TPSA) is 127 Å². The first kappa shape index (κ1) is 25.4. The van der Waals surface area contributed by atoms with Crippen LogP contribution in [-0.2, 0) is 4.74 Å². The summed E-state index contributed by atoms with van der Waals surface area (Å²) >= 11 is 7.87. The van der Waals surface area contributed by atoms with E-state index in [2.05, 4.69) is 26.6 Å². The van der Waals surface area contributed by atoms with E-state index in [0.29, 0.717) is 20.5 Å². The number of benzene rings is 1. The number of carboxylic acids is 1. The molecule has 0 saturated carbocycles. The van der Waals surface area contributed by atoms with Gasteiger partial charge in [0.15, 0.2) is 5.69 Å². The van der Waals surface area contributed by atoms with Crippen molar-refractivity contribution in [1.29, 1.82) is 0 Å². The average Bonchev–Trinajstić information content (AvgIpc) is 3.45. The van der Waals surface area contributed by atoms with Crippen molar-refractivity contribution >= 4 is 41.9 Å². The minimum absolute atomic E-state index is 0.0611. The van der Waals surface area contributed by atoms with Gasteiger partial charge in [-0.3, -0.25) is 4.99 Å². The number of amidine groups is 1. The number of carboxylic acid groups (broad SMARTS) is 1. The number of aromatic carboxylic acids is 1. The van der Waals surface area contributed by atoms with Crippen molar-refractivity contribution in [3.63, 3.8) is 0 Å². The first-order valence-corrected chi connectivity index (χ1v) is 12.4. The molecule has 3 N–H and O–H groups in total. The van der Waals surface area contributed by atoms with E-state index in [4.69, 9.17) is 31.6 Å². The van der Waals surface area contributed by atoms with E-state index in [1.54, 1.807) is 18.3 Å². The summed E-state index contributed by atoms with van der Waals surface area (Å²) in [6.45, 7) is 10.2. The molecule has 2 aliphatic rings. The molecule has 3 heterocycles. The van der Waals surface area contributed by atoms with Crippen LogP contribution in [0.5, 0.6) is 0 Å². The number of thioether (sulfide) groups is 1. The highest BCUT2D eigenvalue weighted by Gasteiger charge is 2.47. The second-order valence-electron chi connectivity index (χ2n) is 8.76. The maximum atomic E-state index is 11.1. The third-order valence-electron chi connectivity index (χ3n) is 6.71. The number of aliphatic imine (C=N–C) groups is 2. The number of piperidine rings is 1. The number of hydrogen-bond donors (Lipinski definition) is 2. The van der Waals surface area contributed by atoms with Crippen molar-refractivity contribution < 1.29 is 19.1 Å². The lowest BCUT2D eigenvalue weighted by atomic mass is 9.73. The van der Waals surface area contributed by atoms with E-state index >= 15 is 0 Å². The zero-order chi connectivity index (χ0) is 25.2. The number of halogens is 1. The highest BCUT2D eigenvalue weighted by atomic mass is 35.5. The van der Waals surface area contributed by atoms with Gasteiger partial charge >= 0.3 is 5.97 Å². The second-order valence-corrected chi connectivity index (χ2v) is 10.2. The fourth-order valence-electron chi connectivity index (χ4n) is 4.44. The van der Waals surface area contributed by atoms with Crippen LogP contribution in [-0.4, -0.2) is 65.4 Å². The molecule has 11 heteroatoms. The fraction of sp³-hybridized carbons (Fsp3) is 0.417. The molecular formula is C24H28ClN5O4S. The number of rotatable bonds is 6. The maximum absolute atomic E-state index is 11.1. The molecule has 186 valence electrons. The molecule has 2 saturated heterocycles. The zero-order valence-corrected chi connectivity index (χ0v) is 21.2. The summed E-state index contributed by atoms with van der Waals surface area (Å²) in [5, 5.41) is 10.0. The molecule has 9 nitrogen and oxygen atoms in total. The zero-order valence-electron chi connectivity index (χ0n) is 19.6. The van der Waals surface area contributed by atoms with Crippen LogP contribution in [0, 0.1) is 5.41 Å². The van der Waals surface area contributed by atoms with Gasteiger partial charge in [0, 0.05) is 29.4 Å². The molecule has 4 rings (SSSR count). The van der Waals surface area contributed by atoms with E-state index in [9.17, 15) is 4.79 Å². The summed E-state index contributed by atoms with van der Waals surface area (Å²) in [6, 6.07) is 5.39. The molecular weight excluding hydrogens is 490 g/mol. The largest absolute Gasteiger partial charge is 0.476 e. The molecule has 2 aliphatic heterocycles. The van der Waals surface area contributed by atoms with E-state index in [1.807, 2.05) is 19.9 Å². The molecule has 1 spiro atoms. The Morgan fingerprint density at radius 1 is 1.43 bits per heavy atom. The summed E-state index contributed by atoms with van der Waals surface area (Å²) in [4.78, 5) is 26.7. The van der Waals surface area contributed by atoms with Crippen LogP contribution >= 0.6 is 23.4 Å². The van der Waals surface area contributed by atoms with Crippen LogP contribution in [0.15, 0.2) is 55.0 Å². The molecule has 0 unspecified atom stereocenters. The molecule has 0 bridgehead atoms. The summed E-state index contributed by atoms with van der Waals surface area (Å²) in [5.74, 6) is -0.151. The third kappa shape index (κ3) is 5.30. The smallest absolute Gasteiger partial charge is 0.357 e. The molecule has 2 aromatic rings. The van der Waals surface area contributed by atoms with E-state index in [-0.39, 0.29) is 29.1 Å². The number of nitrogens with two attached hydrogens (primary N) is 1. The average molecular weight is 518 g/mol. The minimum atomic E-state index is -1.17. The van der Waals surface area contributed by atoms with E-state index < -0.39 is 5.97 Å². The summed E-state index contributed by atoms with van der Waals surface area (Å²) < 4.78 is 11.1. The molecule has 0 aliphatic carbocycles. The predicted molar refractivity (Wildman–Crippen MR) is 137 cm³/mol. The number of nitrogens with zero attached hydrogens (tertiary/aromatic N) is 4. The first-order valence-electron chi connectivity index (χ1n) is 11.2. The quantitative estimate of drug-likeness (QED) is 0.325. The van der Waals surface area contributed by atoms with Gasteiger partial charge in [0.1, 0.15) is 17.1 Å². The lowest BCUT2D eigenvalue weighted by molar-refractivity contribution is 0.0690. The number of hydrogen-bond acceptors (Lipinski definition) is 8. The monoisotopic (exact) mass is 517 g/mol. The Kier molecular flexibility index (Phi) is 7.65. The van der Waals surface area contributed by atoms with Gasteiger partial charge in [0.2, 0.25) is 5.89 Å². The van der Waals surface area contributed by atoms with E-state index in [1.165, 1.54) is 11.8 Å². The maximum Gasteiger partial charge on any atom is 0.357 e. The van der Waals surface area contributed by atoms with Crippen LogP contribution in [0.4, 0.5) is 0 Å². The van der Waals surface area contributed by atoms with Crippen molar-refractivity contribution in [3.8, 4) is 11.5 Å². The molecule has 2 atom stereocenters. The van der Waals surface area contributed by atoms with Gasteiger partial charge in [-0.1, -0.05) is 29.4 Å². The standard InChI is InChI=1S/C24H28ClN5O4S/c1-14-21(26)24(13-34-14)7-9-30(10-8-24)15(2)28-11-19(27-3)35-18-6-4-5-16(20(18)25)22-29-17(12-33-22)23(31)32/h4-6,11-12,14,21H,3,7-10,13,26H2,1-2H3,(H,31,32)/b19-11+,28-15?/t14-,21+/m0/s1. The fourth-order valence-corrected chi connectivity index (χ4v) is 5.51. The van der Waals surface area contributed by atoms with Gasteiger partial charge in [-0.25, -0.2) is 14.8 Å². The molecule has 2 fully saturated rings. The highest BCUT2D eigenvalue weighted by molar-refractivity contribution is 8.03. The van der Waals surface area contributed by atoms with Crippen molar-refractivity contribution in [2.24, 2.45) is 21.1 Å². The SMILES string of the molecule is C=N/C(=C\N=C(C)N1CCC2(CC1)CO[C@@H](C)[C@H]2N)Sc1cccc(-c2nc(C(=O)O)co2)c1Cl. The van der Waals surface area contributed by atoms with Crippen molar-refractivity contribution in [2.45, 2.75) is 43.7 Å². The lowest BCUT2D eigenvalue weighted by Crippen LogP contribution is -2.51. The van der Waals surface area contributed by atoms with Crippen LogP contribution in [0.1, 0.15) is 37.2 Å². The van der Waals surface area contributed by atoms with Gasteiger partial charge in [-0.15, -0.1) is 0 Å². The Labute approximate surface area is 213 Å².